The maximum Gasteiger partial charge on any atom is 0.310 e. The average Bonchev–Trinajstić information content (AvgIpc) is 2.48. The molecule has 1 aromatic rings. The summed E-state index contributed by atoms with van der Waals surface area (Å²) in [6.45, 7) is 8.00. The molecule has 0 aliphatic heterocycles. The van der Waals surface area contributed by atoms with Gasteiger partial charge in [0.25, 0.3) is 0 Å². The number of benzene rings is 1. The summed E-state index contributed by atoms with van der Waals surface area (Å²) < 4.78 is 13.8. The van der Waals surface area contributed by atoms with Gasteiger partial charge in [0, 0.05) is 0 Å². The van der Waals surface area contributed by atoms with Crippen molar-refractivity contribution in [2.45, 2.75) is 65.2 Å². The lowest BCUT2D eigenvalue weighted by Gasteiger charge is -2.22. The molecule has 0 heterocycles. The van der Waals surface area contributed by atoms with E-state index in [-0.39, 0.29) is 0 Å². The molecular weight excluding hydrogens is 323 g/mol. The second-order valence-corrected chi connectivity index (χ2v) is 7.50. The van der Waals surface area contributed by atoms with Crippen molar-refractivity contribution in [3.05, 3.63) is 35.1 Å². The fourth-order valence-corrected chi connectivity index (χ4v) is 2.99. The molecule has 0 spiro atoms. The third-order valence-corrected chi connectivity index (χ3v) is 4.46. The van der Waals surface area contributed by atoms with E-state index in [0.717, 1.165) is 0 Å². The number of rotatable bonds is 10. The zero-order valence-electron chi connectivity index (χ0n) is 15.5. The van der Waals surface area contributed by atoms with Gasteiger partial charge in [0.15, 0.2) is 0 Å². The summed E-state index contributed by atoms with van der Waals surface area (Å²) in [6, 6.07) is 3.85. The minimum Gasteiger partial charge on any atom is -0.481 e. The Morgan fingerprint density at radius 2 is 1.28 bits per heavy atom. The van der Waals surface area contributed by atoms with Crippen LogP contribution < -0.4 is 0 Å². The first-order chi connectivity index (χ1) is 11.6. The van der Waals surface area contributed by atoms with Gasteiger partial charge in [-0.05, 0) is 60.8 Å². The highest BCUT2D eigenvalue weighted by Crippen LogP contribution is 2.34. The standard InChI is InChI=1S/C20H29FO4/c1-12(2)5-8-16(19(22)23)15-10-7-14(21)11-18(15)17(20(24)25)9-6-13(3)4/h7,10-13,16-17H,5-6,8-9H2,1-4H3,(H,22,23)(H,24,25). The van der Waals surface area contributed by atoms with Crippen LogP contribution in [0, 0.1) is 17.7 Å². The van der Waals surface area contributed by atoms with E-state index in [1.165, 1.54) is 18.2 Å². The molecule has 0 saturated heterocycles. The van der Waals surface area contributed by atoms with Gasteiger partial charge in [-0.2, -0.15) is 0 Å². The van der Waals surface area contributed by atoms with Crippen molar-refractivity contribution in [2.24, 2.45) is 11.8 Å². The lowest BCUT2D eigenvalue weighted by Crippen LogP contribution is -2.20. The zero-order valence-corrected chi connectivity index (χ0v) is 15.5. The third kappa shape index (κ3) is 6.48. The second-order valence-electron chi connectivity index (χ2n) is 7.50. The smallest absolute Gasteiger partial charge is 0.310 e. The fraction of sp³-hybridized carbons (Fsp3) is 0.600. The molecule has 140 valence electrons. The minimum atomic E-state index is -1.04. The van der Waals surface area contributed by atoms with Crippen LogP contribution >= 0.6 is 0 Å². The van der Waals surface area contributed by atoms with Crippen LogP contribution in [-0.4, -0.2) is 22.2 Å². The van der Waals surface area contributed by atoms with Crippen LogP contribution in [0.3, 0.4) is 0 Å². The van der Waals surface area contributed by atoms with Crippen LogP contribution in [0.25, 0.3) is 0 Å². The van der Waals surface area contributed by atoms with Crippen molar-refractivity contribution >= 4 is 11.9 Å². The Morgan fingerprint density at radius 1 is 0.840 bits per heavy atom. The van der Waals surface area contributed by atoms with Gasteiger partial charge in [-0.25, -0.2) is 4.39 Å². The molecular formula is C20H29FO4. The third-order valence-electron chi connectivity index (χ3n) is 4.46. The van der Waals surface area contributed by atoms with E-state index in [9.17, 15) is 24.2 Å². The van der Waals surface area contributed by atoms with E-state index < -0.39 is 29.6 Å². The monoisotopic (exact) mass is 352 g/mol. The largest absolute Gasteiger partial charge is 0.481 e. The Bertz CT molecular complexity index is 595. The molecule has 0 aliphatic rings. The molecule has 0 radical (unpaired) electrons. The summed E-state index contributed by atoms with van der Waals surface area (Å²) in [4.78, 5) is 23.5. The predicted octanol–water partition coefficient (Wildman–Crippen LogP) is 5.03. The topological polar surface area (TPSA) is 74.6 Å². The molecule has 1 aromatic carbocycles. The summed E-state index contributed by atoms with van der Waals surface area (Å²) >= 11 is 0. The number of hydrogen-bond donors (Lipinski definition) is 2. The minimum absolute atomic E-state index is 0.296. The van der Waals surface area contributed by atoms with Crippen molar-refractivity contribution in [2.75, 3.05) is 0 Å². The predicted molar refractivity (Wildman–Crippen MR) is 95.3 cm³/mol. The second kappa shape index (κ2) is 9.54. The molecule has 0 aliphatic carbocycles. The van der Waals surface area contributed by atoms with Crippen LogP contribution in [0.15, 0.2) is 18.2 Å². The molecule has 0 amide bonds. The molecule has 0 saturated carbocycles. The highest BCUT2D eigenvalue weighted by atomic mass is 19.1. The molecule has 2 unspecified atom stereocenters. The first-order valence-electron chi connectivity index (χ1n) is 8.88. The van der Waals surface area contributed by atoms with E-state index in [1.807, 2.05) is 27.7 Å². The molecule has 0 fully saturated rings. The fourth-order valence-electron chi connectivity index (χ4n) is 2.99. The van der Waals surface area contributed by atoms with E-state index >= 15 is 0 Å². The van der Waals surface area contributed by atoms with E-state index in [1.54, 1.807) is 0 Å². The maximum atomic E-state index is 13.8. The zero-order chi connectivity index (χ0) is 19.1. The van der Waals surface area contributed by atoms with Crippen LogP contribution in [-0.2, 0) is 9.59 Å². The van der Waals surface area contributed by atoms with E-state index in [2.05, 4.69) is 0 Å². The Labute approximate surface area is 149 Å². The quantitative estimate of drug-likeness (QED) is 0.619. The van der Waals surface area contributed by atoms with Crippen LogP contribution in [0.1, 0.15) is 76.3 Å². The van der Waals surface area contributed by atoms with Crippen LogP contribution in [0.2, 0.25) is 0 Å². The number of halogens is 1. The maximum absolute atomic E-state index is 13.8. The normalized spacial score (nSPS) is 13.9. The SMILES string of the molecule is CC(C)CCC(C(=O)O)c1ccc(F)cc1C(CCC(C)C)C(=O)O. The Morgan fingerprint density at radius 3 is 1.68 bits per heavy atom. The van der Waals surface area contributed by atoms with Crippen molar-refractivity contribution in [1.82, 2.24) is 0 Å². The molecule has 2 atom stereocenters. The van der Waals surface area contributed by atoms with Gasteiger partial charge in [0.1, 0.15) is 5.82 Å². The number of carboxylic acid groups (broad SMARTS) is 2. The van der Waals surface area contributed by atoms with Crippen molar-refractivity contribution < 1.29 is 24.2 Å². The number of hydrogen-bond acceptors (Lipinski definition) is 2. The van der Waals surface area contributed by atoms with Gasteiger partial charge in [0.2, 0.25) is 0 Å². The number of carbonyl (C=O) groups is 2. The van der Waals surface area contributed by atoms with Crippen LogP contribution in [0.4, 0.5) is 4.39 Å². The number of aliphatic carboxylic acids is 2. The molecule has 25 heavy (non-hydrogen) atoms. The van der Waals surface area contributed by atoms with E-state index in [4.69, 9.17) is 0 Å². The Kier molecular flexibility index (Phi) is 8.07. The molecule has 2 N–H and O–H groups in total. The van der Waals surface area contributed by atoms with Crippen molar-refractivity contribution in [3.8, 4) is 0 Å². The summed E-state index contributed by atoms with van der Waals surface area (Å²) in [5, 5.41) is 19.3. The highest BCUT2D eigenvalue weighted by molar-refractivity contribution is 5.80. The van der Waals surface area contributed by atoms with Crippen LogP contribution in [0.5, 0.6) is 0 Å². The Balaban J connectivity index is 3.30. The van der Waals surface area contributed by atoms with Gasteiger partial charge >= 0.3 is 11.9 Å². The lowest BCUT2D eigenvalue weighted by atomic mass is 9.82. The molecule has 4 nitrogen and oxygen atoms in total. The first-order valence-corrected chi connectivity index (χ1v) is 8.88. The summed E-state index contributed by atoms with van der Waals surface area (Å²) in [7, 11) is 0. The van der Waals surface area contributed by atoms with E-state index in [0.29, 0.717) is 48.6 Å². The first kappa shape index (κ1) is 21.1. The highest BCUT2D eigenvalue weighted by Gasteiger charge is 2.29. The van der Waals surface area contributed by atoms with Crippen molar-refractivity contribution in [3.63, 3.8) is 0 Å². The van der Waals surface area contributed by atoms with Gasteiger partial charge in [-0.15, -0.1) is 0 Å². The molecule has 1 rings (SSSR count). The van der Waals surface area contributed by atoms with Gasteiger partial charge in [-0.3, -0.25) is 9.59 Å². The summed E-state index contributed by atoms with van der Waals surface area (Å²) in [5.41, 5.74) is 0.718. The lowest BCUT2D eigenvalue weighted by molar-refractivity contribution is -0.140. The molecule has 0 aromatic heterocycles. The average molecular weight is 352 g/mol. The summed E-state index contributed by atoms with van der Waals surface area (Å²) in [6.07, 6.45) is 2.15. The molecule has 5 heteroatoms. The van der Waals surface area contributed by atoms with Gasteiger partial charge in [-0.1, -0.05) is 33.8 Å². The Hall–Kier alpha value is -1.91. The molecule has 0 bridgehead atoms. The van der Waals surface area contributed by atoms with Gasteiger partial charge in [0.05, 0.1) is 11.8 Å². The number of carboxylic acids is 2. The van der Waals surface area contributed by atoms with Crippen molar-refractivity contribution in [1.29, 1.82) is 0 Å². The van der Waals surface area contributed by atoms with Gasteiger partial charge < -0.3 is 10.2 Å². The summed E-state index contributed by atoms with van der Waals surface area (Å²) in [5.74, 6) is -3.64.